The summed E-state index contributed by atoms with van der Waals surface area (Å²) in [6.07, 6.45) is 0.827. The Morgan fingerprint density at radius 2 is 2.11 bits per heavy atom. The van der Waals surface area contributed by atoms with E-state index in [9.17, 15) is 19.5 Å². The number of thiazole rings is 1. The van der Waals surface area contributed by atoms with Crippen molar-refractivity contribution in [1.82, 2.24) is 25.4 Å². The predicted octanol–water partition coefficient (Wildman–Crippen LogP) is 1.22. The van der Waals surface area contributed by atoms with E-state index in [1.165, 1.54) is 35.1 Å². The quantitative estimate of drug-likeness (QED) is 0.241. The minimum absolute atomic E-state index is 0.0275. The van der Waals surface area contributed by atoms with Gasteiger partial charge in [-0.25, -0.2) is 9.78 Å². The Hall–Kier alpha value is -2.95. The zero-order valence-corrected chi connectivity index (χ0v) is 21.7. The van der Waals surface area contributed by atoms with Crippen LogP contribution in [0.5, 0.6) is 0 Å². The number of rotatable bonds is 8. The number of oxime groups is 1. The molecule has 35 heavy (non-hydrogen) atoms. The minimum atomic E-state index is -1.24. The number of nitrogen functional groups attached to an aromatic ring is 1. The molecule has 4 heterocycles. The first-order valence-corrected chi connectivity index (χ1v) is 12.8. The van der Waals surface area contributed by atoms with Crippen molar-refractivity contribution in [2.75, 3.05) is 31.8 Å². The zero-order valence-electron chi connectivity index (χ0n) is 18.5. The maximum atomic E-state index is 13.0. The van der Waals surface area contributed by atoms with Gasteiger partial charge < -0.3 is 25.9 Å². The molecule has 0 bridgehead atoms. The fourth-order valence-corrected chi connectivity index (χ4v) is 6.53. The van der Waals surface area contributed by atoms with Crippen LogP contribution in [0, 0.1) is 0 Å². The van der Waals surface area contributed by atoms with Gasteiger partial charge in [0.2, 0.25) is 5.13 Å². The number of nitrogens with two attached hydrogens (primary N) is 1. The van der Waals surface area contributed by atoms with E-state index in [1.807, 2.05) is 14.1 Å². The molecule has 2 amide bonds. The molecule has 0 saturated carbocycles. The van der Waals surface area contributed by atoms with Gasteiger partial charge >= 0.3 is 5.97 Å². The first-order chi connectivity index (χ1) is 16.6. The van der Waals surface area contributed by atoms with Gasteiger partial charge in [-0.1, -0.05) is 51.2 Å². The van der Waals surface area contributed by atoms with Gasteiger partial charge in [0.05, 0.1) is 6.04 Å². The molecule has 0 aromatic carbocycles. The molecule has 0 aliphatic carbocycles. The summed E-state index contributed by atoms with van der Waals surface area (Å²) in [4.78, 5) is 50.2. The molecule has 1 fully saturated rings. The number of carbonyl (C=O) groups excluding carboxylic acids is 2. The smallest absolute Gasteiger partial charge is 0.353 e. The molecule has 0 unspecified atom stereocenters. The molecule has 0 radical (unpaired) electrons. The van der Waals surface area contributed by atoms with E-state index in [4.69, 9.17) is 22.2 Å². The molecule has 0 spiro atoms. The number of hydrogen-bond acceptors (Lipinski definition) is 13. The Morgan fingerprint density at radius 3 is 2.69 bits per heavy atom. The number of hydrogen-bond donors (Lipinski definition) is 3. The Balaban J connectivity index is 1.53. The van der Waals surface area contributed by atoms with Crippen LogP contribution >= 0.6 is 46.0 Å². The summed E-state index contributed by atoms with van der Waals surface area (Å²) in [5.41, 5.74) is 5.31. The topological polar surface area (TPSA) is 176 Å². The highest BCUT2D eigenvalue weighted by molar-refractivity contribution is 8.04. The summed E-state index contributed by atoms with van der Waals surface area (Å²) < 4.78 is 0.707. The third-order valence-corrected chi connectivity index (χ3v) is 8.46. The molecule has 4 N–H and O–H groups in total. The van der Waals surface area contributed by atoms with Crippen LogP contribution in [0.4, 0.5) is 10.3 Å². The average molecular weight is 559 g/mol. The molecule has 4 rings (SSSR count). The SMILES string of the molecule is CO/N=C(\C(=O)N[C@@H]1C(=O)N2C(C(=O)O)=C(Sc3nnc(N(C)C)s3)CC[C@H]12)c1nc(N)sc1Cl. The highest BCUT2D eigenvalue weighted by atomic mass is 35.5. The molecule has 17 heteroatoms. The number of halogens is 1. The molecule has 186 valence electrons. The number of allylic oxidation sites excluding steroid dienone is 1. The summed E-state index contributed by atoms with van der Waals surface area (Å²) in [5.74, 6) is -2.53. The van der Waals surface area contributed by atoms with E-state index in [0.717, 1.165) is 11.3 Å². The second-order valence-corrected chi connectivity index (χ2v) is 11.4. The van der Waals surface area contributed by atoms with Gasteiger partial charge in [-0.3, -0.25) is 14.5 Å². The molecular formula is C18H19ClN8O5S3. The van der Waals surface area contributed by atoms with Gasteiger partial charge in [-0.2, -0.15) is 0 Å². The summed E-state index contributed by atoms with van der Waals surface area (Å²) in [6, 6.07) is -1.48. The van der Waals surface area contributed by atoms with E-state index in [1.54, 1.807) is 4.90 Å². The number of carbonyl (C=O) groups is 3. The minimum Gasteiger partial charge on any atom is -0.477 e. The van der Waals surface area contributed by atoms with Gasteiger partial charge in [-0.15, -0.1) is 10.2 Å². The summed E-state index contributed by atoms with van der Waals surface area (Å²) in [6.45, 7) is 0. The zero-order chi connectivity index (χ0) is 25.4. The summed E-state index contributed by atoms with van der Waals surface area (Å²) >= 11 is 9.55. The van der Waals surface area contributed by atoms with Gasteiger partial charge in [0.15, 0.2) is 15.2 Å². The maximum Gasteiger partial charge on any atom is 0.353 e. The molecule has 2 aromatic heterocycles. The lowest BCUT2D eigenvalue weighted by molar-refractivity contribution is -0.155. The standard InChI is InChI=1S/C18H19ClN8O5S3/c1-26(2)17-23-24-18(35-17)33-7-5-4-6-8(14(29)27(6)11(7)15(30)31)21-13(28)10(25-32-3)9-12(19)34-16(20)22-9/h6,8H,4-5H2,1-3H3,(H2,20,22)(H,21,28)(H,30,31)/b25-10-/t6-,8+/m1/s1. The van der Waals surface area contributed by atoms with Gasteiger partial charge in [0.25, 0.3) is 11.8 Å². The highest BCUT2D eigenvalue weighted by Crippen LogP contribution is 2.44. The number of nitrogens with one attached hydrogen (secondary N) is 1. The van der Waals surface area contributed by atoms with Crippen LogP contribution in [0.15, 0.2) is 20.1 Å². The van der Waals surface area contributed by atoms with E-state index in [0.29, 0.717) is 27.2 Å². The van der Waals surface area contributed by atoms with Crippen molar-refractivity contribution in [3.63, 3.8) is 0 Å². The molecule has 13 nitrogen and oxygen atoms in total. The number of aliphatic carboxylic acids is 1. The van der Waals surface area contributed by atoms with Crippen LogP contribution < -0.4 is 16.0 Å². The third kappa shape index (κ3) is 4.78. The van der Waals surface area contributed by atoms with Crippen LogP contribution in [0.25, 0.3) is 0 Å². The Kier molecular flexibility index (Phi) is 7.16. The molecular weight excluding hydrogens is 540 g/mol. The number of amides is 2. The van der Waals surface area contributed by atoms with E-state index < -0.39 is 29.9 Å². The Morgan fingerprint density at radius 1 is 1.37 bits per heavy atom. The number of aromatic nitrogens is 3. The Labute approximate surface area is 216 Å². The lowest BCUT2D eigenvalue weighted by Crippen LogP contribution is -2.72. The van der Waals surface area contributed by atoms with Crippen molar-refractivity contribution >= 4 is 79.8 Å². The molecule has 1 saturated heterocycles. The van der Waals surface area contributed by atoms with E-state index in [2.05, 4.69) is 25.7 Å². The molecule has 2 aliphatic heterocycles. The monoisotopic (exact) mass is 558 g/mol. The molecule has 2 atom stereocenters. The molecule has 2 aliphatic rings. The van der Waals surface area contributed by atoms with Crippen molar-refractivity contribution in [3.05, 3.63) is 20.6 Å². The molecule has 2 aromatic rings. The normalized spacial score (nSPS) is 19.8. The van der Waals surface area contributed by atoms with E-state index in [-0.39, 0.29) is 26.6 Å². The fraction of sp³-hybridized carbons (Fsp3) is 0.389. The second-order valence-electron chi connectivity index (χ2n) is 7.49. The highest BCUT2D eigenvalue weighted by Gasteiger charge is 2.54. The average Bonchev–Trinajstić information content (AvgIpc) is 3.40. The van der Waals surface area contributed by atoms with E-state index >= 15 is 0 Å². The number of carboxylic acid groups (broad SMARTS) is 1. The largest absolute Gasteiger partial charge is 0.477 e. The van der Waals surface area contributed by atoms with Crippen molar-refractivity contribution in [3.8, 4) is 0 Å². The first kappa shape index (κ1) is 25.2. The number of anilines is 2. The number of nitrogens with zero attached hydrogens (tertiary/aromatic N) is 6. The predicted molar refractivity (Wildman–Crippen MR) is 132 cm³/mol. The van der Waals surface area contributed by atoms with Crippen LogP contribution in [-0.4, -0.2) is 82.0 Å². The lowest BCUT2D eigenvalue weighted by atomic mass is 9.86. The summed E-state index contributed by atoms with van der Waals surface area (Å²) in [7, 11) is 4.90. The third-order valence-electron chi connectivity index (χ3n) is 5.09. The van der Waals surface area contributed by atoms with Gasteiger partial charge in [0.1, 0.15) is 28.9 Å². The maximum absolute atomic E-state index is 13.0. The van der Waals surface area contributed by atoms with Crippen molar-refractivity contribution in [2.24, 2.45) is 5.16 Å². The van der Waals surface area contributed by atoms with Crippen LogP contribution in [0.2, 0.25) is 4.34 Å². The van der Waals surface area contributed by atoms with Crippen molar-refractivity contribution in [1.29, 1.82) is 0 Å². The number of carboxylic acids is 1. The lowest BCUT2D eigenvalue weighted by Gasteiger charge is -2.49. The number of thioether (sulfide) groups is 1. The second kappa shape index (κ2) is 9.96. The van der Waals surface area contributed by atoms with Gasteiger partial charge in [0, 0.05) is 19.0 Å². The van der Waals surface area contributed by atoms with Crippen molar-refractivity contribution < 1.29 is 24.3 Å². The number of β-lactam (4-membered cyclic amide) rings is 1. The van der Waals surface area contributed by atoms with Crippen LogP contribution in [-0.2, 0) is 19.2 Å². The Bertz CT molecular complexity index is 1260. The fourth-order valence-electron chi connectivity index (χ4n) is 3.61. The first-order valence-electron chi connectivity index (χ1n) is 9.94. The summed E-state index contributed by atoms with van der Waals surface area (Å²) in [5, 5.41) is 25.1. The van der Waals surface area contributed by atoms with Gasteiger partial charge in [-0.05, 0) is 12.8 Å². The van der Waals surface area contributed by atoms with Crippen LogP contribution in [0.1, 0.15) is 18.5 Å². The van der Waals surface area contributed by atoms with Crippen LogP contribution in [0.3, 0.4) is 0 Å². The number of fused-ring (bicyclic) bond motifs is 1. The van der Waals surface area contributed by atoms with Crippen molar-refractivity contribution in [2.45, 2.75) is 29.3 Å².